The molecule has 8 heteroatoms. The second-order valence-electron chi connectivity index (χ2n) is 3.07. The van der Waals surface area contributed by atoms with E-state index in [2.05, 4.69) is 0 Å². The van der Waals surface area contributed by atoms with Gasteiger partial charge >= 0.3 is 41.9 Å². The van der Waals surface area contributed by atoms with E-state index >= 15 is 0 Å². The van der Waals surface area contributed by atoms with E-state index in [1.807, 2.05) is 0 Å². The molecule has 0 bridgehead atoms. The normalized spacial score (nSPS) is 13.1. The number of aliphatic hydroxyl groups is 1. The topological polar surface area (TPSA) is 20.2 Å². The third-order valence-corrected chi connectivity index (χ3v) is 2.01. The van der Waals surface area contributed by atoms with Gasteiger partial charge < -0.3 is 6.53 Å². The molecular weight excluding hydrogens is 261 g/mol. The van der Waals surface area contributed by atoms with E-state index in [4.69, 9.17) is 5.11 Å². The minimum atomic E-state index is -5.83. The number of halogens is 6. The van der Waals surface area contributed by atoms with E-state index in [0.29, 0.717) is 12.1 Å². The SMILES string of the molecule is OC(c1ccccc1)(C(F)(F)F)C(F)(F)F.[H-].[Na+]. The summed E-state index contributed by atoms with van der Waals surface area (Å²) in [6, 6.07) is 4.36. The van der Waals surface area contributed by atoms with Gasteiger partial charge in [-0.15, -0.1) is 0 Å². The van der Waals surface area contributed by atoms with Crippen LogP contribution in [0.5, 0.6) is 0 Å². The maximum atomic E-state index is 12.3. The van der Waals surface area contributed by atoms with Gasteiger partial charge in [0, 0.05) is 5.56 Å². The summed E-state index contributed by atoms with van der Waals surface area (Å²) in [4.78, 5) is 0. The Kier molecular flexibility index (Phi) is 5.10. The summed E-state index contributed by atoms with van der Waals surface area (Å²) in [5, 5.41) is 8.91. The van der Waals surface area contributed by atoms with Crippen LogP contribution in [0.4, 0.5) is 26.3 Å². The van der Waals surface area contributed by atoms with Gasteiger partial charge in [-0.1, -0.05) is 30.3 Å². The largest absolute Gasteiger partial charge is 1.00 e. The summed E-state index contributed by atoms with van der Waals surface area (Å²) < 4.78 is 73.9. The Labute approximate surface area is 116 Å². The van der Waals surface area contributed by atoms with Gasteiger partial charge in [-0.3, -0.25) is 0 Å². The minimum absolute atomic E-state index is 0. The summed E-state index contributed by atoms with van der Waals surface area (Å²) in [6.45, 7) is 0. The van der Waals surface area contributed by atoms with Crippen molar-refractivity contribution in [2.75, 3.05) is 0 Å². The van der Waals surface area contributed by atoms with Crippen molar-refractivity contribution >= 4 is 0 Å². The molecule has 0 aliphatic heterocycles. The van der Waals surface area contributed by atoms with E-state index in [0.717, 1.165) is 12.1 Å². The van der Waals surface area contributed by atoms with Crippen LogP contribution < -0.4 is 29.6 Å². The first-order chi connectivity index (χ1) is 7.11. The Hall–Kier alpha value is -0.240. The third-order valence-electron chi connectivity index (χ3n) is 2.01. The molecule has 0 heterocycles. The van der Waals surface area contributed by atoms with Crippen LogP contribution in [0.2, 0.25) is 0 Å². The summed E-state index contributed by atoms with van der Waals surface area (Å²) >= 11 is 0. The molecule has 92 valence electrons. The average molecular weight is 268 g/mol. The molecule has 0 aliphatic carbocycles. The van der Waals surface area contributed by atoms with E-state index in [-0.39, 0.29) is 31.0 Å². The van der Waals surface area contributed by atoms with Gasteiger partial charge in [0.15, 0.2) is 0 Å². The van der Waals surface area contributed by atoms with Crippen molar-refractivity contribution in [3.63, 3.8) is 0 Å². The summed E-state index contributed by atoms with van der Waals surface area (Å²) in [7, 11) is 0. The fourth-order valence-electron chi connectivity index (χ4n) is 1.17. The van der Waals surface area contributed by atoms with Crippen LogP contribution in [-0.2, 0) is 5.60 Å². The van der Waals surface area contributed by atoms with Crippen molar-refractivity contribution in [2.45, 2.75) is 18.0 Å². The molecule has 1 N–H and O–H groups in total. The molecule has 0 unspecified atom stereocenters. The van der Waals surface area contributed by atoms with E-state index < -0.39 is 23.5 Å². The molecule has 17 heavy (non-hydrogen) atoms. The number of hydrogen-bond donors (Lipinski definition) is 1. The van der Waals surface area contributed by atoms with Crippen molar-refractivity contribution in [1.29, 1.82) is 0 Å². The van der Waals surface area contributed by atoms with Gasteiger partial charge in [-0.2, -0.15) is 26.3 Å². The molecule has 0 saturated heterocycles. The molecule has 1 nitrogen and oxygen atoms in total. The Morgan fingerprint density at radius 2 is 1.18 bits per heavy atom. The van der Waals surface area contributed by atoms with E-state index in [1.54, 1.807) is 0 Å². The average Bonchev–Trinajstić information content (AvgIpc) is 2.14. The third kappa shape index (κ3) is 2.96. The molecule has 0 fully saturated rings. The molecule has 1 aromatic carbocycles. The number of benzene rings is 1. The Morgan fingerprint density at radius 1 is 0.824 bits per heavy atom. The molecule has 0 saturated carbocycles. The van der Waals surface area contributed by atoms with Crippen molar-refractivity contribution in [2.24, 2.45) is 0 Å². The number of rotatable bonds is 1. The van der Waals surface area contributed by atoms with Crippen LogP contribution in [-0.4, -0.2) is 17.5 Å². The number of hydrogen-bond acceptors (Lipinski definition) is 1. The van der Waals surface area contributed by atoms with Gasteiger partial charge in [0.25, 0.3) is 5.60 Å². The van der Waals surface area contributed by atoms with Gasteiger partial charge in [-0.05, 0) is 0 Å². The summed E-state index contributed by atoms with van der Waals surface area (Å²) in [6.07, 6.45) is -11.7. The molecule has 0 aliphatic rings. The number of alkyl halides is 6. The standard InChI is InChI=1S/C9H6F6O.Na.H/c10-8(11,12)7(16,9(13,14)15)6-4-2-1-3-5-6;;/h1-5,16H;;/q;+1;-1. The Balaban J connectivity index is 0. The minimum Gasteiger partial charge on any atom is -1.00 e. The predicted octanol–water partition coefficient (Wildman–Crippen LogP) is 0.115. The van der Waals surface area contributed by atoms with Gasteiger partial charge in [0.05, 0.1) is 0 Å². The molecule has 1 aromatic rings. The van der Waals surface area contributed by atoms with Crippen LogP contribution in [0.3, 0.4) is 0 Å². The monoisotopic (exact) mass is 268 g/mol. The molecule has 1 rings (SSSR count). The van der Waals surface area contributed by atoms with Gasteiger partial charge in [0.1, 0.15) is 0 Å². The second-order valence-corrected chi connectivity index (χ2v) is 3.07. The predicted molar refractivity (Wildman–Crippen MR) is 43.6 cm³/mol. The van der Waals surface area contributed by atoms with Crippen molar-refractivity contribution in [1.82, 2.24) is 0 Å². The van der Waals surface area contributed by atoms with Crippen LogP contribution in [0.15, 0.2) is 30.3 Å². The Morgan fingerprint density at radius 3 is 1.47 bits per heavy atom. The maximum absolute atomic E-state index is 12.3. The van der Waals surface area contributed by atoms with Crippen LogP contribution in [0.25, 0.3) is 0 Å². The van der Waals surface area contributed by atoms with Gasteiger partial charge in [-0.25, -0.2) is 0 Å². The summed E-state index contributed by atoms with van der Waals surface area (Å²) in [5.41, 5.74) is -6.09. The first-order valence-electron chi connectivity index (χ1n) is 4.02. The molecule has 0 spiro atoms. The Bertz CT molecular complexity index is 350. The first kappa shape index (κ1) is 16.8. The maximum Gasteiger partial charge on any atom is 1.00 e. The molecule has 0 amide bonds. The van der Waals surface area contributed by atoms with Crippen LogP contribution >= 0.6 is 0 Å². The molecule has 0 radical (unpaired) electrons. The van der Waals surface area contributed by atoms with Crippen molar-refractivity contribution in [3.05, 3.63) is 35.9 Å². The fourth-order valence-corrected chi connectivity index (χ4v) is 1.17. The second kappa shape index (κ2) is 5.17. The van der Waals surface area contributed by atoms with Crippen molar-refractivity contribution < 1.29 is 62.4 Å². The smallest absolute Gasteiger partial charge is 1.00 e. The van der Waals surface area contributed by atoms with Gasteiger partial charge in [0.2, 0.25) is 0 Å². The van der Waals surface area contributed by atoms with E-state index in [9.17, 15) is 26.3 Å². The summed E-state index contributed by atoms with van der Waals surface area (Å²) in [5.74, 6) is 0. The van der Waals surface area contributed by atoms with E-state index in [1.165, 1.54) is 6.07 Å². The molecular formula is C9H7F6NaO. The fraction of sp³-hybridized carbons (Fsp3) is 0.333. The molecule has 0 atom stereocenters. The zero-order valence-electron chi connectivity index (χ0n) is 9.60. The zero-order chi connectivity index (χ0) is 12.6. The van der Waals surface area contributed by atoms with Crippen molar-refractivity contribution in [3.8, 4) is 0 Å². The molecule has 0 aromatic heterocycles. The zero-order valence-corrected chi connectivity index (χ0v) is 10.6. The first-order valence-corrected chi connectivity index (χ1v) is 4.02. The van der Waals surface area contributed by atoms with Crippen LogP contribution in [0.1, 0.15) is 6.99 Å². The van der Waals surface area contributed by atoms with Crippen LogP contribution in [0, 0.1) is 0 Å². The quantitative estimate of drug-likeness (QED) is 0.566.